The van der Waals surface area contributed by atoms with Crippen LogP contribution in [0.25, 0.3) is 0 Å². The molecule has 4 atom stereocenters. The summed E-state index contributed by atoms with van der Waals surface area (Å²) in [5.41, 5.74) is 0.760. The maximum atomic E-state index is 12.7. The summed E-state index contributed by atoms with van der Waals surface area (Å²) in [6.45, 7) is 0.207. The van der Waals surface area contributed by atoms with Crippen LogP contribution >= 0.6 is 0 Å². The molecule has 2 heterocycles. The molecule has 1 saturated carbocycles. The summed E-state index contributed by atoms with van der Waals surface area (Å²) in [5, 5.41) is 5.25. The zero-order valence-corrected chi connectivity index (χ0v) is 12.9. The second-order valence-electron chi connectivity index (χ2n) is 6.69. The van der Waals surface area contributed by atoms with Gasteiger partial charge < -0.3 is 9.47 Å². The van der Waals surface area contributed by atoms with E-state index in [1.807, 2.05) is 6.07 Å². The van der Waals surface area contributed by atoms with Gasteiger partial charge in [0, 0.05) is 0 Å². The first-order valence-electron chi connectivity index (χ1n) is 8.22. The van der Waals surface area contributed by atoms with Crippen molar-refractivity contribution < 1.29 is 19.1 Å². The van der Waals surface area contributed by atoms with Crippen LogP contribution in [-0.4, -0.2) is 29.8 Å². The van der Waals surface area contributed by atoms with Crippen LogP contribution in [0.5, 0.6) is 11.5 Å². The van der Waals surface area contributed by atoms with E-state index < -0.39 is 0 Å². The molecule has 0 radical (unpaired) electrons. The Hall–Kier alpha value is -2.63. The SMILES string of the molecule is O=C1[C@@H]2[C@@H](C(=O)N1/N=C\c1ccc3c(c1)OCO3)[C@H]1C=C[C@@H]2CC1. The zero-order chi connectivity index (χ0) is 16.3. The normalized spacial score (nSPS) is 32.9. The third-order valence-corrected chi connectivity index (χ3v) is 5.45. The second kappa shape index (κ2) is 4.93. The first kappa shape index (κ1) is 13.8. The number of carbonyl (C=O) groups is 2. The molecule has 0 aromatic heterocycles. The van der Waals surface area contributed by atoms with E-state index in [9.17, 15) is 9.59 Å². The van der Waals surface area contributed by atoms with Crippen LogP contribution in [0.3, 0.4) is 0 Å². The lowest BCUT2D eigenvalue weighted by molar-refractivity contribution is -0.140. The number of benzene rings is 1. The molecule has 1 saturated heterocycles. The predicted molar refractivity (Wildman–Crippen MR) is 84.3 cm³/mol. The topological polar surface area (TPSA) is 68.2 Å². The van der Waals surface area contributed by atoms with Crippen molar-refractivity contribution in [3.05, 3.63) is 35.9 Å². The Morgan fingerprint density at radius 3 is 2.33 bits per heavy atom. The number of imide groups is 1. The molecule has 0 unspecified atom stereocenters. The summed E-state index contributed by atoms with van der Waals surface area (Å²) < 4.78 is 10.6. The second-order valence-corrected chi connectivity index (χ2v) is 6.69. The number of amides is 2. The van der Waals surface area contributed by atoms with E-state index >= 15 is 0 Å². The smallest absolute Gasteiger partial charge is 0.254 e. The van der Waals surface area contributed by atoms with Gasteiger partial charge in [-0.05, 0) is 48.4 Å². The van der Waals surface area contributed by atoms with E-state index in [1.54, 1.807) is 12.1 Å². The van der Waals surface area contributed by atoms with Crippen molar-refractivity contribution in [2.24, 2.45) is 28.8 Å². The van der Waals surface area contributed by atoms with Crippen LogP contribution in [0.4, 0.5) is 0 Å². The van der Waals surface area contributed by atoms with Crippen LogP contribution in [0.2, 0.25) is 0 Å². The van der Waals surface area contributed by atoms with E-state index in [-0.39, 0.29) is 42.3 Å². The van der Waals surface area contributed by atoms with E-state index in [4.69, 9.17) is 9.47 Å². The number of hydrogen-bond acceptors (Lipinski definition) is 5. The Morgan fingerprint density at radius 2 is 1.67 bits per heavy atom. The average Bonchev–Trinajstić information content (AvgIpc) is 3.18. The average molecular weight is 324 g/mol. The molecule has 24 heavy (non-hydrogen) atoms. The van der Waals surface area contributed by atoms with Gasteiger partial charge in [-0.3, -0.25) is 9.59 Å². The molecule has 2 fully saturated rings. The highest BCUT2D eigenvalue weighted by Crippen LogP contribution is 2.49. The Morgan fingerprint density at radius 1 is 1.00 bits per heavy atom. The van der Waals surface area contributed by atoms with Gasteiger partial charge in [0.2, 0.25) is 6.79 Å². The third-order valence-electron chi connectivity index (χ3n) is 5.45. The number of nitrogens with zero attached hydrogens (tertiary/aromatic N) is 2. The molecule has 2 amide bonds. The highest BCUT2D eigenvalue weighted by Gasteiger charge is 2.56. The number of rotatable bonds is 2. The van der Waals surface area contributed by atoms with Gasteiger partial charge in [-0.15, -0.1) is 0 Å². The maximum Gasteiger partial charge on any atom is 0.254 e. The quantitative estimate of drug-likeness (QED) is 0.474. The van der Waals surface area contributed by atoms with Crippen molar-refractivity contribution in [3.63, 3.8) is 0 Å². The number of fused-ring (bicyclic) bond motifs is 2. The standard InChI is InChI=1S/C18H16N2O4/c21-17-15-11-2-3-12(5-4-11)16(15)18(22)20(17)19-8-10-1-6-13-14(7-10)24-9-23-13/h1-3,6-8,11-12,15-16H,4-5,9H2/b19-8-/t11-,12+,15-,16-/m0/s1. The van der Waals surface area contributed by atoms with E-state index in [1.165, 1.54) is 6.21 Å². The minimum absolute atomic E-state index is 0.166. The molecule has 2 bridgehead atoms. The molecule has 1 aromatic rings. The molecule has 0 spiro atoms. The highest BCUT2D eigenvalue weighted by molar-refractivity contribution is 6.06. The number of hydrazone groups is 1. The summed E-state index contributed by atoms with van der Waals surface area (Å²) in [5.74, 6) is 0.917. The van der Waals surface area contributed by atoms with Gasteiger partial charge in [0.05, 0.1) is 18.1 Å². The van der Waals surface area contributed by atoms with E-state index in [0.717, 1.165) is 23.4 Å². The molecule has 6 nitrogen and oxygen atoms in total. The molecule has 0 N–H and O–H groups in total. The molecule has 3 aliphatic carbocycles. The van der Waals surface area contributed by atoms with Crippen molar-refractivity contribution in [2.45, 2.75) is 12.8 Å². The van der Waals surface area contributed by atoms with Gasteiger partial charge >= 0.3 is 0 Å². The van der Waals surface area contributed by atoms with E-state index in [2.05, 4.69) is 17.3 Å². The molecule has 1 aromatic carbocycles. The lowest BCUT2D eigenvalue weighted by Crippen LogP contribution is -2.38. The third kappa shape index (κ3) is 1.85. The summed E-state index contributed by atoms with van der Waals surface area (Å²) >= 11 is 0. The number of ether oxygens (including phenoxy) is 2. The van der Waals surface area contributed by atoms with Crippen LogP contribution < -0.4 is 9.47 Å². The fourth-order valence-electron chi connectivity index (χ4n) is 4.29. The number of hydrogen-bond donors (Lipinski definition) is 0. The van der Waals surface area contributed by atoms with Gasteiger partial charge in [0.1, 0.15) is 0 Å². The maximum absolute atomic E-state index is 12.7. The molecule has 5 aliphatic rings. The molecule has 6 rings (SSSR count). The summed E-state index contributed by atoms with van der Waals surface area (Å²) in [7, 11) is 0. The monoisotopic (exact) mass is 324 g/mol. The summed E-state index contributed by atoms with van der Waals surface area (Å²) in [6, 6.07) is 5.40. The molecular weight excluding hydrogens is 308 g/mol. The fourth-order valence-corrected chi connectivity index (χ4v) is 4.29. The predicted octanol–water partition coefficient (Wildman–Crippen LogP) is 1.95. The number of carbonyl (C=O) groups excluding carboxylic acids is 2. The van der Waals surface area contributed by atoms with Gasteiger partial charge in [-0.2, -0.15) is 10.1 Å². The Balaban J connectivity index is 1.42. The van der Waals surface area contributed by atoms with Gasteiger partial charge in [0.15, 0.2) is 11.5 Å². The highest BCUT2D eigenvalue weighted by atomic mass is 16.7. The molecule has 122 valence electrons. The summed E-state index contributed by atoms with van der Waals surface area (Å²) in [6.07, 6.45) is 7.71. The van der Waals surface area contributed by atoms with E-state index in [0.29, 0.717) is 11.5 Å². The lowest BCUT2D eigenvalue weighted by Gasteiger charge is -2.37. The van der Waals surface area contributed by atoms with Gasteiger partial charge in [0.25, 0.3) is 11.8 Å². The first-order valence-corrected chi connectivity index (χ1v) is 8.22. The van der Waals surface area contributed by atoms with Crippen molar-refractivity contribution in [2.75, 3.05) is 6.79 Å². The van der Waals surface area contributed by atoms with Crippen LogP contribution in [0.15, 0.2) is 35.5 Å². The number of allylic oxidation sites excluding steroid dienone is 2. The van der Waals surface area contributed by atoms with Crippen LogP contribution in [-0.2, 0) is 9.59 Å². The fraction of sp³-hybridized carbons (Fsp3) is 0.389. The van der Waals surface area contributed by atoms with Crippen molar-refractivity contribution in [1.29, 1.82) is 0 Å². The zero-order valence-electron chi connectivity index (χ0n) is 12.9. The van der Waals surface area contributed by atoms with Gasteiger partial charge in [-0.1, -0.05) is 12.2 Å². The van der Waals surface area contributed by atoms with Crippen LogP contribution in [0.1, 0.15) is 18.4 Å². The largest absolute Gasteiger partial charge is 0.454 e. The van der Waals surface area contributed by atoms with Gasteiger partial charge in [-0.25, -0.2) is 0 Å². The Kier molecular flexibility index (Phi) is 2.83. The molecule has 6 heteroatoms. The van der Waals surface area contributed by atoms with Crippen molar-refractivity contribution in [3.8, 4) is 11.5 Å². The Bertz CT molecular complexity index is 768. The minimum Gasteiger partial charge on any atom is -0.454 e. The molecule has 2 aliphatic heterocycles. The minimum atomic E-state index is -0.227. The first-order chi connectivity index (χ1) is 11.7. The van der Waals surface area contributed by atoms with Crippen LogP contribution in [0, 0.1) is 23.7 Å². The van der Waals surface area contributed by atoms with Crippen molar-refractivity contribution >= 4 is 18.0 Å². The molecular formula is C18H16N2O4. The summed E-state index contributed by atoms with van der Waals surface area (Å²) in [4.78, 5) is 25.3. The lowest BCUT2D eigenvalue weighted by atomic mass is 9.63. The van der Waals surface area contributed by atoms with Crippen molar-refractivity contribution in [1.82, 2.24) is 5.01 Å². The Labute approximate surface area is 138 Å².